The zero-order valence-electron chi connectivity index (χ0n) is 9.49. The number of anilines is 1. The summed E-state index contributed by atoms with van der Waals surface area (Å²) in [5, 5.41) is 3.34. The number of aromatic nitrogens is 2. The van der Waals surface area contributed by atoms with Gasteiger partial charge in [0.25, 0.3) is 5.56 Å². The van der Waals surface area contributed by atoms with Crippen molar-refractivity contribution >= 4 is 5.82 Å². The summed E-state index contributed by atoms with van der Waals surface area (Å²) in [6.07, 6.45) is 1.41. The smallest absolute Gasteiger partial charge is 0.295 e. The second-order valence-corrected chi connectivity index (χ2v) is 3.89. The number of hydrogen-bond donors (Lipinski definition) is 2. The van der Waals surface area contributed by atoms with Crippen LogP contribution in [0.2, 0.25) is 0 Å². The van der Waals surface area contributed by atoms with Crippen molar-refractivity contribution in [3.63, 3.8) is 0 Å². The fraction of sp³-hybridized carbons (Fsp3) is 0.600. The van der Waals surface area contributed by atoms with E-state index in [1.807, 2.05) is 0 Å². The lowest BCUT2D eigenvalue weighted by Gasteiger charge is -2.33. The normalized spacial score (nSPS) is 20.9. The number of nitrogens with zero attached hydrogens (tertiary/aromatic N) is 2. The molecule has 1 aliphatic rings. The molecule has 1 fully saturated rings. The van der Waals surface area contributed by atoms with Crippen LogP contribution in [0.4, 0.5) is 5.82 Å². The largest absolute Gasteiger partial charge is 0.489 e. The van der Waals surface area contributed by atoms with E-state index in [0.717, 1.165) is 19.6 Å². The summed E-state index contributed by atoms with van der Waals surface area (Å²) in [6.45, 7) is 4.65. The summed E-state index contributed by atoms with van der Waals surface area (Å²) in [5.41, 5.74) is -0.237. The minimum Gasteiger partial charge on any atom is -0.489 e. The fourth-order valence-corrected chi connectivity index (χ4v) is 1.91. The number of methoxy groups -OCH3 is 1. The first-order valence-corrected chi connectivity index (χ1v) is 5.32. The summed E-state index contributed by atoms with van der Waals surface area (Å²) in [7, 11) is 1.49. The first kappa shape index (κ1) is 10.9. The van der Waals surface area contributed by atoms with Crippen LogP contribution < -0.4 is 20.5 Å². The Balaban J connectivity index is 2.32. The maximum absolute atomic E-state index is 11.5. The Morgan fingerprint density at radius 2 is 2.44 bits per heavy atom. The van der Waals surface area contributed by atoms with Gasteiger partial charge in [0, 0.05) is 25.7 Å². The number of nitrogens with one attached hydrogen (secondary N) is 2. The minimum atomic E-state index is -0.237. The van der Waals surface area contributed by atoms with E-state index >= 15 is 0 Å². The van der Waals surface area contributed by atoms with Crippen LogP contribution in [0.1, 0.15) is 6.92 Å². The molecule has 1 aromatic heterocycles. The van der Waals surface area contributed by atoms with E-state index in [2.05, 4.69) is 27.1 Å². The molecule has 0 amide bonds. The van der Waals surface area contributed by atoms with Crippen LogP contribution >= 0.6 is 0 Å². The molecule has 0 aliphatic carbocycles. The lowest BCUT2D eigenvalue weighted by molar-refractivity contribution is 0.400. The van der Waals surface area contributed by atoms with E-state index in [0.29, 0.717) is 11.9 Å². The molecule has 16 heavy (non-hydrogen) atoms. The molecular formula is C10H16N4O2. The van der Waals surface area contributed by atoms with Crippen LogP contribution in [0.15, 0.2) is 11.1 Å². The Kier molecular flexibility index (Phi) is 3.09. The SMILES string of the molecule is COc1c(N2CCN[C@@H](C)C2)nc[nH]c1=O. The second-order valence-electron chi connectivity index (χ2n) is 3.89. The zero-order valence-corrected chi connectivity index (χ0v) is 9.49. The highest BCUT2D eigenvalue weighted by Gasteiger charge is 2.21. The maximum atomic E-state index is 11.5. The van der Waals surface area contributed by atoms with Crippen molar-refractivity contribution in [1.29, 1.82) is 0 Å². The van der Waals surface area contributed by atoms with Crippen LogP contribution in [0, 0.1) is 0 Å². The number of ether oxygens (including phenoxy) is 1. The van der Waals surface area contributed by atoms with Gasteiger partial charge in [-0.3, -0.25) is 4.79 Å². The predicted octanol–water partition coefficient (Wildman–Crippen LogP) is -0.423. The molecule has 0 unspecified atom stereocenters. The molecular weight excluding hydrogens is 208 g/mol. The van der Waals surface area contributed by atoms with Gasteiger partial charge < -0.3 is 19.9 Å². The number of rotatable bonds is 2. The van der Waals surface area contributed by atoms with E-state index in [4.69, 9.17) is 4.74 Å². The Hall–Kier alpha value is -1.56. The standard InChI is InChI=1S/C10H16N4O2/c1-7-5-14(4-3-11-7)9-8(16-2)10(15)13-6-12-9/h6-7,11H,3-5H2,1-2H3,(H,12,13,15)/t7-/m0/s1. The monoisotopic (exact) mass is 224 g/mol. The molecule has 2 rings (SSSR count). The van der Waals surface area contributed by atoms with Gasteiger partial charge in [0.2, 0.25) is 5.75 Å². The lowest BCUT2D eigenvalue weighted by Crippen LogP contribution is -2.49. The van der Waals surface area contributed by atoms with Gasteiger partial charge in [0.15, 0.2) is 5.82 Å². The maximum Gasteiger partial charge on any atom is 0.295 e. The van der Waals surface area contributed by atoms with Gasteiger partial charge in [-0.2, -0.15) is 0 Å². The molecule has 0 radical (unpaired) electrons. The molecule has 0 spiro atoms. The van der Waals surface area contributed by atoms with Crippen molar-refractivity contribution in [3.8, 4) is 5.75 Å². The van der Waals surface area contributed by atoms with Gasteiger partial charge in [0.1, 0.15) is 0 Å². The van der Waals surface area contributed by atoms with Crippen molar-refractivity contribution in [2.24, 2.45) is 0 Å². The van der Waals surface area contributed by atoms with Crippen molar-refractivity contribution in [2.75, 3.05) is 31.6 Å². The van der Waals surface area contributed by atoms with E-state index in [9.17, 15) is 4.79 Å². The van der Waals surface area contributed by atoms with Crippen molar-refractivity contribution in [1.82, 2.24) is 15.3 Å². The Morgan fingerprint density at radius 1 is 1.62 bits per heavy atom. The molecule has 6 heteroatoms. The minimum absolute atomic E-state index is 0.237. The Bertz CT molecular complexity index is 418. The molecule has 0 aromatic carbocycles. The first-order valence-electron chi connectivity index (χ1n) is 5.32. The summed E-state index contributed by atoms with van der Waals surface area (Å²) < 4.78 is 5.10. The summed E-state index contributed by atoms with van der Waals surface area (Å²) in [4.78, 5) is 20.3. The van der Waals surface area contributed by atoms with Crippen LogP contribution in [-0.2, 0) is 0 Å². The van der Waals surface area contributed by atoms with E-state index < -0.39 is 0 Å². The predicted molar refractivity (Wildman–Crippen MR) is 61.1 cm³/mol. The van der Waals surface area contributed by atoms with Crippen LogP contribution in [0.25, 0.3) is 0 Å². The highest BCUT2D eigenvalue weighted by Crippen LogP contribution is 2.21. The Morgan fingerprint density at radius 3 is 3.12 bits per heavy atom. The molecule has 2 N–H and O–H groups in total. The van der Waals surface area contributed by atoms with Gasteiger partial charge in [-0.25, -0.2) is 4.98 Å². The lowest BCUT2D eigenvalue weighted by atomic mass is 10.2. The fourth-order valence-electron chi connectivity index (χ4n) is 1.91. The third-order valence-electron chi connectivity index (χ3n) is 2.66. The van der Waals surface area contributed by atoms with E-state index in [1.165, 1.54) is 13.4 Å². The van der Waals surface area contributed by atoms with Crippen LogP contribution in [0.3, 0.4) is 0 Å². The quantitative estimate of drug-likeness (QED) is 0.714. The molecule has 6 nitrogen and oxygen atoms in total. The summed E-state index contributed by atoms with van der Waals surface area (Å²) in [5.74, 6) is 0.913. The third kappa shape index (κ3) is 2.01. The Labute approximate surface area is 93.6 Å². The zero-order chi connectivity index (χ0) is 11.5. The number of hydrogen-bond acceptors (Lipinski definition) is 5. The number of aromatic amines is 1. The van der Waals surface area contributed by atoms with Crippen LogP contribution in [-0.4, -0.2) is 42.8 Å². The first-order chi connectivity index (χ1) is 7.72. The van der Waals surface area contributed by atoms with Crippen molar-refractivity contribution < 1.29 is 4.74 Å². The van der Waals surface area contributed by atoms with Crippen LogP contribution in [0.5, 0.6) is 5.75 Å². The van der Waals surface area contributed by atoms with Crippen molar-refractivity contribution in [2.45, 2.75) is 13.0 Å². The topological polar surface area (TPSA) is 70.2 Å². The summed E-state index contributed by atoms with van der Waals surface area (Å²) in [6, 6.07) is 0.388. The molecule has 1 aliphatic heterocycles. The van der Waals surface area contributed by atoms with Crippen molar-refractivity contribution in [3.05, 3.63) is 16.7 Å². The second kappa shape index (κ2) is 4.52. The third-order valence-corrected chi connectivity index (χ3v) is 2.66. The average Bonchev–Trinajstić information content (AvgIpc) is 2.28. The number of piperazine rings is 1. The van der Waals surface area contributed by atoms with Gasteiger partial charge in [-0.1, -0.05) is 0 Å². The van der Waals surface area contributed by atoms with E-state index in [-0.39, 0.29) is 11.3 Å². The van der Waals surface area contributed by atoms with Gasteiger partial charge in [0.05, 0.1) is 13.4 Å². The number of H-pyrrole nitrogens is 1. The molecule has 0 saturated carbocycles. The summed E-state index contributed by atoms with van der Waals surface area (Å²) >= 11 is 0. The van der Waals surface area contributed by atoms with E-state index in [1.54, 1.807) is 0 Å². The highest BCUT2D eigenvalue weighted by molar-refractivity contribution is 5.51. The van der Waals surface area contributed by atoms with Gasteiger partial charge >= 0.3 is 0 Å². The van der Waals surface area contributed by atoms with Gasteiger partial charge in [-0.15, -0.1) is 0 Å². The highest BCUT2D eigenvalue weighted by atomic mass is 16.5. The molecule has 2 heterocycles. The molecule has 1 atom stereocenters. The molecule has 1 aromatic rings. The molecule has 1 saturated heterocycles. The molecule has 88 valence electrons. The van der Waals surface area contributed by atoms with Gasteiger partial charge in [-0.05, 0) is 6.92 Å². The average molecular weight is 224 g/mol. The molecule has 0 bridgehead atoms.